The predicted molar refractivity (Wildman–Crippen MR) is 150 cm³/mol. The van der Waals surface area contributed by atoms with Gasteiger partial charge in [0.15, 0.2) is 0 Å². The van der Waals surface area contributed by atoms with Gasteiger partial charge in [0.1, 0.15) is 16.4 Å². The SMILES string of the molecule is CC1(C)CNC(=O)c2sc(Nc3ccc(I)cc3F)c(C(=O)N3CCC(NC(=O)OC(C)(C)C)C3)c2C1. The van der Waals surface area contributed by atoms with Crippen LogP contribution >= 0.6 is 33.9 Å². The third-order valence-corrected chi connectivity index (χ3v) is 8.00. The molecule has 11 heteroatoms. The number of amides is 3. The number of nitrogens with zero attached hydrogens (tertiary/aromatic N) is 1. The first kappa shape index (κ1) is 27.6. The van der Waals surface area contributed by atoms with Gasteiger partial charge < -0.3 is 25.6 Å². The van der Waals surface area contributed by atoms with E-state index in [1.54, 1.807) is 37.8 Å². The van der Waals surface area contributed by atoms with Gasteiger partial charge in [-0.05, 0) is 85.4 Å². The number of alkyl carbamates (subject to hydrolysis) is 1. The van der Waals surface area contributed by atoms with Crippen molar-refractivity contribution < 1.29 is 23.5 Å². The minimum Gasteiger partial charge on any atom is -0.444 e. The zero-order chi connectivity index (χ0) is 27.1. The van der Waals surface area contributed by atoms with Crippen molar-refractivity contribution in [1.82, 2.24) is 15.5 Å². The van der Waals surface area contributed by atoms with E-state index in [2.05, 4.69) is 16.0 Å². The van der Waals surface area contributed by atoms with Crippen molar-refractivity contribution in [3.05, 3.63) is 43.6 Å². The predicted octanol–water partition coefficient (Wildman–Crippen LogP) is 5.29. The first-order valence-electron chi connectivity index (χ1n) is 12.2. The standard InChI is InChI=1S/C26H32FIN4O4S/c1-25(2,3)36-24(35)30-15-8-9-32(12-15)23(34)19-16-11-26(4,5)13-29-21(33)20(16)37-22(19)31-18-7-6-14(28)10-17(18)27/h6-7,10,15,31H,8-9,11-13H2,1-5H3,(H,29,33)(H,30,35). The number of halogens is 2. The molecule has 1 aromatic heterocycles. The summed E-state index contributed by atoms with van der Waals surface area (Å²) >= 11 is 3.20. The number of rotatable bonds is 4. The van der Waals surface area contributed by atoms with Crippen molar-refractivity contribution >= 4 is 62.5 Å². The number of hydrogen-bond acceptors (Lipinski definition) is 6. The molecule has 2 aliphatic heterocycles. The maximum Gasteiger partial charge on any atom is 0.407 e. The number of carbonyl (C=O) groups is 3. The quantitative estimate of drug-likeness (QED) is 0.394. The van der Waals surface area contributed by atoms with Crippen LogP contribution in [0.5, 0.6) is 0 Å². The van der Waals surface area contributed by atoms with Crippen LogP contribution in [0.4, 0.5) is 19.9 Å². The summed E-state index contributed by atoms with van der Waals surface area (Å²) in [6, 6.07) is 4.55. The van der Waals surface area contributed by atoms with Crippen molar-refractivity contribution in [3.63, 3.8) is 0 Å². The van der Waals surface area contributed by atoms with Gasteiger partial charge in [-0.1, -0.05) is 13.8 Å². The molecule has 0 bridgehead atoms. The number of hydrogen-bond donors (Lipinski definition) is 3. The topological polar surface area (TPSA) is 99.8 Å². The minimum absolute atomic E-state index is 0.233. The normalized spacial score (nSPS) is 19.1. The van der Waals surface area contributed by atoms with Gasteiger partial charge in [-0.25, -0.2) is 9.18 Å². The first-order valence-corrected chi connectivity index (χ1v) is 14.1. The Morgan fingerprint density at radius 3 is 2.70 bits per heavy atom. The van der Waals surface area contributed by atoms with Crippen LogP contribution in [0.1, 0.15) is 66.6 Å². The fraction of sp³-hybridized carbons (Fsp3) is 0.500. The smallest absolute Gasteiger partial charge is 0.407 e. The molecule has 0 spiro atoms. The molecular weight excluding hydrogens is 610 g/mol. The van der Waals surface area contributed by atoms with Crippen LogP contribution in [0.3, 0.4) is 0 Å². The molecule has 200 valence electrons. The summed E-state index contributed by atoms with van der Waals surface area (Å²) in [7, 11) is 0. The Morgan fingerprint density at radius 2 is 2.03 bits per heavy atom. The van der Waals surface area contributed by atoms with Crippen molar-refractivity contribution in [2.75, 3.05) is 25.0 Å². The molecule has 1 saturated heterocycles. The average molecular weight is 643 g/mol. The van der Waals surface area contributed by atoms with E-state index in [1.807, 2.05) is 36.4 Å². The summed E-state index contributed by atoms with van der Waals surface area (Å²) in [5, 5.41) is 9.32. The molecule has 1 fully saturated rings. The lowest BCUT2D eigenvalue weighted by Crippen LogP contribution is -2.41. The molecule has 3 N–H and O–H groups in total. The number of benzene rings is 1. The van der Waals surface area contributed by atoms with Gasteiger partial charge in [-0.15, -0.1) is 11.3 Å². The molecule has 0 saturated carbocycles. The Bertz CT molecular complexity index is 1240. The Labute approximate surface area is 233 Å². The minimum atomic E-state index is -0.620. The van der Waals surface area contributed by atoms with E-state index in [0.717, 1.165) is 3.57 Å². The van der Waals surface area contributed by atoms with Crippen LogP contribution < -0.4 is 16.0 Å². The molecule has 2 aliphatic rings. The highest BCUT2D eigenvalue weighted by atomic mass is 127. The van der Waals surface area contributed by atoms with Crippen molar-refractivity contribution in [3.8, 4) is 0 Å². The summed E-state index contributed by atoms with van der Waals surface area (Å²) in [6.45, 7) is 10.7. The van der Waals surface area contributed by atoms with E-state index in [9.17, 15) is 18.8 Å². The van der Waals surface area contributed by atoms with E-state index in [0.29, 0.717) is 53.5 Å². The van der Waals surface area contributed by atoms with Crippen LogP contribution in [0.2, 0.25) is 0 Å². The Kier molecular flexibility index (Phi) is 7.76. The number of anilines is 2. The van der Waals surface area contributed by atoms with Crippen LogP contribution in [0.15, 0.2) is 18.2 Å². The van der Waals surface area contributed by atoms with Crippen molar-refractivity contribution in [2.45, 2.75) is 59.1 Å². The third-order valence-electron chi connectivity index (χ3n) is 6.19. The van der Waals surface area contributed by atoms with Crippen LogP contribution in [-0.4, -0.2) is 54.1 Å². The average Bonchev–Trinajstić information content (AvgIpc) is 3.34. The van der Waals surface area contributed by atoms with Gasteiger partial charge in [0.25, 0.3) is 11.8 Å². The summed E-state index contributed by atoms with van der Waals surface area (Å²) in [4.78, 5) is 41.3. The van der Waals surface area contributed by atoms with Gasteiger partial charge in [0, 0.05) is 23.2 Å². The highest BCUT2D eigenvalue weighted by molar-refractivity contribution is 14.1. The lowest BCUT2D eigenvalue weighted by Gasteiger charge is -2.24. The summed E-state index contributed by atoms with van der Waals surface area (Å²) in [6.07, 6.45) is 0.576. The molecule has 1 atom stereocenters. The van der Waals surface area contributed by atoms with Crippen molar-refractivity contribution in [1.29, 1.82) is 0 Å². The fourth-order valence-electron chi connectivity index (χ4n) is 4.48. The van der Waals surface area contributed by atoms with Crippen LogP contribution in [0, 0.1) is 14.8 Å². The maximum atomic E-state index is 14.7. The Morgan fingerprint density at radius 1 is 1.30 bits per heavy atom. The number of fused-ring (bicyclic) bond motifs is 1. The van der Waals surface area contributed by atoms with Gasteiger partial charge >= 0.3 is 6.09 Å². The third kappa shape index (κ3) is 6.54. The molecule has 4 rings (SSSR count). The summed E-state index contributed by atoms with van der Waals surface area (Å²) < 4.78 is 20.8. The molecule has 1 unspecified atom stereocenters. The Balaban J connectivity index is 1.65. The van der Waals surface area contributed by atoms with Gasteiger partial charge in [0.05, 0.1) is 22.2 Å². The number of ether oxygens (including phenoxy) is 1. The van der Waals surface area contributed by atoms with Crippen LogP contribution in [-0.2, 0) is 11.2 Å². The number of nitrogens with one attached hydrogen (secondary N) is 3. The molecule has 2 aromatic rings. The fourth-order valence-corrected chi connectivity index (χ4v) is 6.07. The van der Waals surface area contributed by atoms with Gasteiger partial charge in [-0.2, -0.15) is 0 Å². The van der Waals surface area contributed by atoms with E-state index in [4.69, 9.17) is 4.74 Å². The first-order chi connectivity index (χ1) is 17.2. The molecule has 3 amide bonds. The number of likely N-dealkylation sites (tertiary alicyclic amines) is 1. The maximum absolute atomic E-state index is 14.7. The summed E-state index contributed by atoms with van der Waals surface area (Å²) in [5.41, 5.74) is 0.406. The second kappa shape index (κ2) is 10.4. The van der Waals surface area contributed by atoms with E-state index in [1.165, 1.54) is 17.4 Å². The number of thiophene rings is 1. The highest BCUT2D eigenvalue weighted by Gasteiger charge is 2.38. The molecule has 8 nitrogen and oxygen atoms in total. The largest absolute Gasteiger partial charge is 0.444 e. The molecule has 1 aromatic carbocycles. The highest BCUT2D eigenvalue weighted by Crippen LogP contribution is 2.41. The van der Waals surface area contributed by atoms with Crippen LogP contribution in [0.25, 0.3) is 0 Å². The zero-order valence-electron chi connectivity index (χ0n) is 21.6. The molecule has 3 heterocycles. The molecule has 37 heavy (non-hydrogen) atoms. The van der Waals surface area contributed by atoms with E-state index < -0.39 is 17.5 Å². The second-order valence-electron chi connectivity index (χ2n) is 11.3. The molecule has 0 aliphatic carbocycles. The van der Waals surface area contributed by atoms with Crippen molar-refractivity contribution in [2.24, 2.45) is 5.41 Å². The Hall–Kier alpha value is -2.41. The van der Waals surface area contributed by atoms with E-state index in [-0.39, 0.29) is 29.0 Å². The monoisotopic (exact) mass is 642 g/mol. The molecular formula is C26H32FIN4O4S. The molecule has 0 radical (unpaired) electrons. The second-order valence-corrected chi connectivity index (χ2v) is 13.5. The number of carbonyl (C=O) groups excluding carboxylic acids is 3. The van der Waals surface area contributed by atoms with E-state index >= 15 is 0 Å². The summed E-state index contributed by atoms with van der Waals surface area (Å²) in [5.74, 6) is -0.923. The lowest BCUT2D eigenvalue weighted by molar-refractivity contribution is 0.0502. The van der Waals surface area contributed by atoms with Gasteiger partial charge in [0.2, 0.25) is 0 Å². The zero-order valence-corrected chi connectivity index (χ0v) is 24.6. The van der Waals surface area contributed by atoms with Gasteiger partial charge in [-0.3, -0.25) is 9.59 Å². The lowest BCUT2D eigenvalue weighted by atomic mass is 9.85.